The summed E-state index contributed by atoms with van der Waals surface area (Å²) in [7, 11) is 0. The van der Waals surface area contributed by atoms with Crippen LogP contribution in [0.5, 0.6) is 5.75 Å². The maximum absolute atomic E-state index is 13.4. The van der Waals surface area contributed by atoms with Crippen molar-refractivity contribution in [2.45, 2.75) is 78.9 Å². The molecule has 0 aliphatic carbocycles. The van der Waals surface area contributed by atoms with Gasteiger partial charge in [-0.05, 0) is 79.2 Å². The Hall–Kier alpha value is -2.34. The van der Waals surface area contributed by atoms with Crippen molar-refractivity contribution in [3.8, 4) is 5.75 Å². The van der Waals surface area contributed by atoms with Crippen LogP contribution >= 0.6 is 15.9 Å². The van der Waals surface area contributed by atoms with Crippen LogP contribution in [0.25, 0.3) is 0 Å². The Balaban J connectivity index is 2.25. The molecule has 0 unspecified atom stereocenters. The maximum atomic E-state index is 13.4. The Kier molecular flexibility index (Phi) is 9.53. The van der Waals surface area contributed by atoms with Crippen molar-refractivity contribution in [3.05, 3.63) is 63.6 Å². The van der Waals surface area contributed by atoms with E-state index in [1.54, 1.807) is 4.90 Å². The number of nitrogens with one attached hydrogen (secondary N) is 1. The van der Waals surface area contributed by atoms with Crippen LogP contribution in [-0.4, -0.2) is 34.9 Å². The Morgan fingerprint density at radius 2 is 1.82 bits per heavy atom. The quantitative estimate of drug-likeness (QED) is 0.445. The zero-order valence-electron chi connectivity index (χ0n) is 20.9. The zero-order chi connectivity index (χ0) is 24.8. The van der Waals surface area contributed by atoms with Gasteiger partial charge >= 0.3 is 0 Å². The highest BCUT2D eigenvalue weighted by molar-refractivity contribution is 9.10. The third-order valence-electron chi connectivity index (χ3n) is 5.29. The van der Waals surface area contributed by atoms with Gasteiger partial charge in [-0.3, -0.25) is 9.59 Å². The monoisotopic (exact) mass is 516 g/mol. The minimum absolute atomic E-state index is 0.148. The second kappa shape index (κ2) is 11.7. The lowest BCUT2D eigenvalue weighted by Crippen LogP contribution is -2.54. The number of hydrogen-bond donors (Lipinski definition) is 1. The molecule has 2 aromatic rings. The van der Waals surface area contributed by atoms with E-state index in [0.29, 0.717) is 24.6 Å². The number of hydrogen-bond acceptors (Lipinski definition) is 3. The van der Waals surface area contributed by atoms with Gasteiger partial charge in [-0.15, -0.1) is 0 Å². The van der Waals surface area contributed by atoms with Gasteiger partial charge in [0.05, 0.1) is 4.47 Å². The van der Waals surface area contributed by atoms with Crippen molar-refractivity contribution in [3.63, 3.8) is 0 Å². The summed E-state index contributed by atoms with van der Waals surface area (Å²) in [5, 5.41) is 3.02. The molecule has 180 valence electrons. The van der Waals surface area contributed by atoms with Gasteiger partial charge in [0.15, 0.2) is 6.61 Å². The predicted molar refractivity (Wildman–Crippen MR) is 137 cm³/mol. The Labute approximate surface area is 207 Å². The predicted octanol–water partition coefficient (Wildman–Crippen LogP) is 5.98. The summed E-state index contributed by atoms with van der Waals surface area (Å²) >= 11 is 3.55. The molecule has 6 heteroatoms. The fraction of sp³-hybridized carbons (Fsp3) is 0.481. The number of carbonyl (C=O) groups excluding carboxylic acids is 2. The lowest BCUT2D eigenvalue weighted by atomic mass is 10.0. The van der Waals surface area contributed by atoms with Crippen molar-refractivity contribution >= 4 is 27.7 Å². The molecule has 1 N–H and O–H groups in total. The molecule has 0 spiro atoms. The molecule has 0 bridgehead atoms. The van der Waals surface area contributed by atoms with Crippen molar-refractivity contribution in [2.75, 3.05) is 6.61 Å². The Morgan fingerprint density at radius 3 is 2.36 bits per heavy atom. The van der Waals surface area contributed by atoms with Gasteiger partial charge in [-0.25, -0.2) is 0 Å². The number of nitrogens with zero attached hydrogens (tertiary/aromatic N) is 1. The molecular weight excluding hydrogens is 480 g/mol. The smallest absolute Gasteiger partial charge is 0.261 e. The molecule has 0 aliphatic heterocycles. The molecule has 2 aromatic carbocycles. The van der Waals surface area contributed by atoms with Crippen LogP contribution in [0.4, 0.5) is 0 Å². The van der Waals surface area contributed by atoms with Crippen LogP contribution in [0.1, 0.15) is 70.6 Å². The first-order valence-electron chi connectivity index (χ1n) is 11.5. The first-order chi connectivity index (χ1) is 15.4. The molecule has 0 heterocycles. The summed E-state index contributed by atoms with van der Waals surface area (Å²) in [5.41, 5.74) is 2.89. The fourth-order valence-electron chi connectivity index (χ4n) is 3.60. The third-order valence-corrected chi connectivity index (χ3v) is 5.91. The van der Waals surface area contributed by atoms with E-state index in [1.807, 2.05) is 77.1 Å². The topological polar surface area (TPSA) is 58.6 Å². The van der Waals surface area contributed by atoms with Crippen LogP contribution in [0.15, 0.2) is 46.9 Å². The summed E-state index contributed by atoms with van der Waals surface area (Å²) in [5.74, 6) is 0.615. The average molecular weight is 518 g/mol. The van der Waals surface area contributed by atoms with Gasteiger partial charge < -0.3 is 15.0 Å². The van der Waals surface area contributed by atoms with E-state index >= 15 is 0 Å². The van der Waals surface area contributed by atoms with Crippen LogP contribution < -0.4 is 10.1 Å². The molecule has 5 nitrogen and oxygen atoms in total. The number of benzene rings is 2. The summed E-state index contributed by atoms with van der Waals surface area (Å²) in [4.78, 5) is 28.1. The average Bonchev–Trinajstić information content (AvgIpc) is 2.71. The minimum Gasteiger partial charge on any atom is -0.483 e. The maximum Gasteiger partial charge on any atom is 0.261 e. The van der Waals surface area contributed by atoms with E-state index in [9.17, 15) is 9.59 Å². The molecule has 2 rings (SSSR count). The molecule has 0 aliphatic rings. The van der Waals surface area contributed by atoms with Crippen molar-refractivity contribution in [1.82, 2.24) is 10.2 Å². The highest BCUT2D eigenvalue weighted by Gasteiger charge is 2.31. The number of amides is 2. The number of halogens is 1. The number of carbonyl (C=O) groups is 2. The lowest BCUT2D eigenvalue weighted by Gasteiger charge is -2.33. The van der Waals surface area contributed by atoms with Gasteiger partial charge in [-0.1, -0.05) is 56.7 Å². The number of rotatable bonds is 9. The summed E-state index contributed by atoms with van der Waals surface area (Å²) in [6, 6.07) is 13.3. The van der Waals surface area contributed by atoms with Crippen molar-refractivity contribution in [1.29, 1.82) is 0 Å². The van der Waals surface area contributed by atoms with Crippen LogP contribution in [-0.2, 0) is 16.1 Å². The summed E-state index contributed by atoms with van der Waals surface area (Å²) < 4.78 is 6.69. The second-order valence-electron chi connectivity index (χ2n) is 9.81. The molecular formula is C27H37BrN2O3. The number of ether oxygens (including phenoxy) is 1. The van der Waals surface area contributed by atoms with E-state index < -0.39 is 6.04 Å². The van der Waals surface area contributed by atoms with Gasteiger partial charge in [0.1, 0.15) is 11.8 Å². The van der Waals surface area contributed by atoms with Gasteiger partial charge in [-0.2, -0.15) is 0 Å². The molecule has 0 saturated heterocycles. The standard InChI is InChI=1S/C27H37BrN2O3/c1-8-23(26(32)29-27(5,6)7)30(16-20-11-9-10-19(4)14-20)25(31)17-33-24-13-12-21(18(2)3)15-22(24)28/h9-15,18,23H,8,16-17H2,1-7H3,(H,29,32)/t23-/m1/s1. The number of aryl methyl sites for hydroxylation is 1. The minimum atomic E-state index is -0.590. The molecule has 0 fully saturated rings. The van der Waals surface area contributed by atoms with E-state index in [0.717, 1.165) is 15.6 Å². The van der Waals surface area contributed by atoms with E-state index in [1.165, 1.54) is 5.56 Å². The highest BCUT2D eigenvalue weighted by atomic mass is 79.9. The van der Waals surface area contributed by atoms with Crippen LogP contribution in [0.3, 0.4) is 0 Å². The molecule has 0 radical (unpaired) electrons. The van der Waals surface area contributed by atoms with Crippen molar-refractivity contribution in [2.24, 2.45) is 0 Å². The molecule has 0 saturated carbocycles. The molecule has 1 atom stereocenters. The van der Waals surface area contributed by atoms with Crippen molar-refractivity contribution < 1.29 is 14.3 Å². The Bertz CT molecular complexity index is 966. The summed E-state index contributed by atoms with van der Waals surface area (Å²) in [6.45, 7) is 14.2. The van der Waals surface area contributed by atoms with Gasteiger partial charge in [0, 0.05) is 12.1 Å². The van der Waals surface area contributed by atoms with E-state index in [-0.39, 0.29) is 24.0 Å². The first kappa shape index (κ1) is 26.9. The first-order valence-corrected chi connectivity index (χ1v) is 12.3. The zero-order valence-corrected chi connectivity index (χ0v) is 22.5. The molecule has 0 aromatic heterocycles. The molecule has 2 amide bonds. The van der Waals surface area contributed by atoms with E-state index in [2.05, 4.69) is 35.1 Å². The largest absolute Gasteiger partial charge is 0.483 e. The van der Waals surface area contributed by atoms with E-state index in [4.69, 9.17) is 4.74 Å². The summed E-state index contributed by atoms with van der Waals surface area (Å²) in [6.07, 6.45) is 0.506. The fourth-order valence-corrected chi connectivity index (χ4v) is 4.11. The lowest BCUT2D eigenvalue weighted by molar-refractivity contribution is -0.143. The van der Waals surface area contributed by atoms with Gasteiger partial charge in [0.25, 0.3) is 5.91 Å². The Morgan fingerprint density at radius 1 is 1.12 bits per heavy atom. The van der Waals surface area contributed by atoms with Gasteiger partial charge in [0.2, 0.25) is 5.91 Å². The SMILES string of the molecule is CC[C@H](C(=O)NC(C)(C)C)N(Cc1cccc(C)c1)C(=O)COc1ccc(C(C)C)cc1Br. The van der Waals surface area contributed by atoms with Crippen LogP contribution in [0.2, 0.25) is 0 Å². The second-order valence-corrected chi connectivity index (χ2v) is 10.7. The third kappa shape index (κ3) is 8.18. The molecule has 33 heavy (non-hydrogen) atoms. The highest BCUT2D eigenvalue weighted by Crippen LogP contribution is 2.29. The van der Waals surface area contributed by atoms with Crippen LogP contribution in [0, 0.1) is 6.92 Å². The normalized spacial score (nSPS) is 12.4.